The number of hydrogen-bond donors (Lipinski definition) is 0. The predicted octanol–water partition coefficient (Wildman–Crippen LogP) is 5.70. The quantitative estimate of drug-likeness (QED) is 0.383. The SMILES string of the molecule is c1ccc(-c2ccc(-c3ccc4c(c3)c3cccnc3n4-c3ccccn3)nc2)nc1. The molecule has 0 bridgehead atoms. The van der Waals surface area contributed by atoms with Crippen LogP contribution in [0.1, 0.15) is 0 Å². The van der Waals surface area contributed by atoms with E-state index < -0.39 is 0 Å². The molecule has 0 radical (unpaired) electrons. The highest BCUT2D eigenvalue weighted by Gasteiger charge is 2.14. The summed E-state index contributed by atoms with van der Waals surface area (Å²) >= 11 is 0. The molecular weight excluding hydrogens is 382 g/mol. The highest BCUT2D eigenvalue weighted by molar-refractivity contribution is 6.08. The monoisotopic (exact) mass is 399 g/mol. The first-order valence-electron chi connectivity index (χ1n) is 10.1. The van der Waals surface area contributed by atoms with Gasteiger partial charge in [0, 0.05) is 46.7 Å². The minimum Gasteiger partial charge on any atom is -0.278 e. The number of aromatic nitrogens is 5. The number of rotatable bonds is 3. The van der Waals surface area contributed by atoms with Crippen molar-refractivity contribution >= 4 is 21.9 Å². The number of fused-ring (bicyclic) bond motifs is 3. The molecule has 0 N–H and O–H groups in total. The van der Waals surface area contributed by atoms with Crippen molar-refractivity contribution in [1.29, 1.82) is 0 Å². The molecule has 0 saturated heterocycles. The molecule has 0 unspecified atom stereocenters. The van der Waals surface area contributed by atoms with E-state index in [4.69, 9.17) is 4.98 Å². The molecule has 146 valence electrons. The molecule has 0 aliphatic heterocycles. The van der Waals surface area contributed by atoms with Crippen LogP contribution in [0, 0.1) is 0 Å². The van der Waals surface area contributed by atoms with Gasteiger partial charge < -0.3 is 0 Å². The Kier molecular flexibility index (Phi) is 4.03. The van der Waals surface area contributed by atoms with Gasteiger partial charge in [-0.3, -0.25) is 14.5 Å². The van der Waals surface area contributed by atoms with Crippen LogP contribution in [0.4, 0.5) is 0 Å². The van der Waals surface area contributed by atoms with Gasteiger partial charge in [0.05, 0.1) is 16.9 Å². The molecular formula is C26H17N5. The van der Waals surface area contributed by atoms with Crippen LogP contribution in [0.25, 0.3) is 50.3 Å². The van der Waals surface area contributed by atoms with Crippen LogP contribution < -0.4 is 0 Å². The van der Waals surface area contributed by atoms with Crippen molar-refractivity contribution in [3.05, 3.63) is 104 Å². The maximum absolute atomic E-state index is 4.70. The summed E-state index contributed by atoms with van der Waals surface area (Å²) in [4.78, 5) is 18.3. The lowest BCUT2D eigenvalue weighted by molar-refractivity contribution is 1.06. The van der Waals surface area contributed by atoms with Gasteiger partial charge in [0.15, 0.2) is 0 Å². The summed E-state index contributed by atoms with van der Waals surface area (Å²) in [5.41, 5.74) is 5.86. The molecule has 0 aliphatic rings. The third-order valence-corrected chi connectivity index (χ3v) is 5.42. The molecule has 0 saturated carbocycles. The smallest absolute Gasteiger partial charge is 0.146 e. The fourth-order valence-corrected chi connectivity index (χ4v) is 3.97. The van der Waals surface area contributed by atoms with Crippen molar-refractivity contribution < 1.29 is 0 Å². The van der Waals surface area contributed by atoms with Crippen molar-refractivity contribution in [1.82, 2.24) is 24.5 Å². The highest BCUT2D eigenvalue weighted by Crippen LogP contribution is 2.33. The van der Waals surface area contributed by atoms with Gasteiger partial charge in [-0.05, 0) is 60.7 Å². The molecule has 1 aromatic carbocycles. The molecule has 0 fully saturated rings. The fraction of sp³-hybridized carbons (Fsp3) is 0. The van der Waals surface area contributed by atoms with Gasteiger partial charge in [0.25, 0.3) is 0 Å². The van der Waals surface area contributed by atoms with Crippen LogP contribution in [0.15, 0.2) is 104 Å². The predicted molar refractivity (Wildman–Crippen MR) is 123 cm³/mol. The van der Waals surface area contributed by atoms with Gasteiger partial charge >= 0.3 is 0 Å². The normalized spacial score (nSPS) is 11.2. The number of hydrogen-bond acceptors (Lipinski definition) is 4. The Balaban J connectivity index is 1.50. The molecule has 0 amide bonds. The Morgan fingerprint density at radius 3 is 2.13 bits per heavy atom. The summed E-state index contributed by atoms with van der Waals surface area (Å²) in [6.45, 7) is 0. The molecule has 6 rings (SSSR count). The first kappa shape index (κ1) is 17.5. The highest BCUT2D eigenvalue weighted by atomic mass is 15.1. The molecule has 5 aromatic heterocycles. The summed E-state index contributed by atoms with van der Waals surface area (Å²) < 4.78 is 2.10. The van der Waals surface area contributed by atoms with Gasteiger partial charge in [-0.15, -0.1) is 0 Å². The third kappa shape index (κ3) is 2.95. The number of pyridine rings is 4. The maximum Gasteiger partial charge on any atom is 0.146 e. The van der Waals surface area contributed by atoms with Crippen LogP contribution in [-0.4, -0.2) is 24.5 Å². The zero-order chi connectivity index (χ0) is 20.6. The molecule has 0 aliphatic carbocycles. The number of benzene rings is 1. The summed E-state index contributed by atoms with van der Waals surface area (Å²) in [5, 5.41) is 2.22. The molecule has 31 heavy (non-hydrogen) atoms. The van der Waals surface area contributed by atoms with E-state index in [1.54, 1.807) is 12.4 Å². The van der Waals surface area contributed by atoms with E-state index in [1.165, 1.54) is 0 Å². The standard InChI is InChI=1S/C26H17N5/c1-3-13-27-22(7-1)19-9-11-23(30-17-19)18-10-12-24-21(16-18)20-6-5-15-29-26(20)31(24)25-8-2-4-14-28-25/h1-17H. The Labute approximate surface area is 178 Å². The van der Waals surface area contributed by atoms with Crippen LogP contribution >= 0.6 is 0 Å². The Morgan fingerprint density at radius 1 is 0.548 bits per heavy atom. The summed E-state index contributed by atoms with van der Waals surface area (Å²) in [6.07, 6.45) is 7.29. The van der Waals surface area contributed by atoms with Crippen molar-refractivity contribution in [3.8, 4) is 28.3 Å². The molecule has 0 atom stereocenters. The van der Waals surface area contributed by atoms with Crippen molar-refractivity contribution in [3.63, 3.8) is 0 Å². The van der Waals surface area contributed by atoms with E-state index in [0.717, 1.165) is 50.3 Å². The maximum atomic E-state index is 4.70. The lowest BCUT2D eigenvalue weighted by atomic mass is 10.1. The first-order chi connectivity index (χ1) is 15.4. The second-order valence-corrected chi connectivity index (χ2v) is 7.28. The summed E-state index contributed by atoms with van der Waals surface area (Å²) in [7, 11) is 0. The van der Waals surface area contributed by atoms with Gasteiger partial charge in [0.1, 0.15) is 11.5 Å². The summed E-state index contributed by atoms with van der Waals surface area (Å²) in [5.74, 6) is 0.854. The molecule has 5 heterocycles. The van der Waals surface area contributed by atoms with Crippen molar-refractivity contribution in [2.45, 2.75) is 0 Å². The minimum atomic E-state index is 0.854. The van der Waals surface area contributed by atoms with Crippen LogP contribution in [0.5, 0.6) is 0 Å². The van der Waals surface area contributed by atoms with E-state index in [9.17, 15) is 0 Å². The zero-order valence-electron chi connectivity index (χ0n) is 16.6. The molecule has 6 aromatic rings. The second kappa shape index (κ2) is 7.15. The van der Waals surface area contributed by atoms with Gasteiger partial charge in [-0.25, -0.2) is 9.97 Å². The van der Waals surface area contributed by atoms with Crippen LogP contribution in [0.2, 0.25) is 0 Å². The second-order valence-electron chi connectivity index (χ2n) is 7.28. The summed E-state index contributed by atoms with van der Waals surface area (Å²) in [6, 6.07) is 26.4. The van der Waals surface area contributed by atoms with E-state index in [0.29, 0.717) is 0 Å². The Bertz CT molecular complexity index is 1500. The fourth-order valence-electron chi connectivity index (χ4n) is 3.97. The van der Waals surface area contributed by atoms with E-state index >= 15 is 0 Å². The van der Waals surface area contributed by atoms with Gasteiger partial charge in [-0.2, -0.15) is 0 Å². The van der Waals surface area contributed by atoms with E-state index in [-0.39, 0.29) is 0 Å². The van der Waals surface area contributed by atoms with E-state index in [2.05, 4.69) is 49.9 Å². The largest absolute Gasteiger partial charge is 0.278 e. The van der Waals surface area contributed by atoms with Crippen molar-refractivity contribution in [2.75, 3.05) is 0 Å². The molecule has 0 spiro atoms. The number of nitrogens with zero attached hydrogens (tertiary/aromatic N) is 5. The topological polar surface area (TPSA) is 56.5 Å². The molecule has 5 heteroatoms. The third-order valence-electron chi connectivity index (χ3n) is 5.42. The van der Waals surface area contributed by atoms with Gasteiger partial charge in [-0.1, -0.05) is 18.2 Å². The average Bonchev–Trinajstić information content (AvgIpc) is 3.19. The minimum absolute atomic E-state index is 0.854. The van der Waals surface area contributed by atoms with Crippen LogP contribution in [0.3, 0.4) is 0 Å². The molecule has 5 nitrogen and oxygen atoms in total. The lowest BCUT2D eigenvalue weighted by Crippen LogP contribution is -1.97. The Morgan fingerprint density at radius 2 is 1.35 bits per heavy atom. The average molecular weight is 399 g/mol. The van der Waals surface area contributed by atoms with Crippen LogP contribution in [-0.2, 0) is 0 Å². The lowest BCUT2D eigenvalue weighted by Gasteiger charge is -2.06. The van der Waals surface area contributed by atoms with Crippen molar-refractivity contribution in [2.24, 2.45) is 0 Å². The first-order valence-corrected chi connectivity index (χ1v) is 10.1. The zero-order valence-corrected chi connectivity index (χ0v) is 16.6. The Hall–Kier alpha value is -4.38. The van der Waals surface area contributed by atoms with E-state index in [1.807, 2.05) is 60.9 Å². The van der Waals surface area contributed by atoms with Gasteiger partial charge in [0.2, 0.25) is 0 Å².